The fourth-order valence-corrected chi connectivity index (χ4v) is 4.60. The number of amides is 1. The molecule has 1 atom stereocenters. The molecular formula is C18H17F6N5O2S. The van der Waals surface area contributed by atoms with Gasteiger partial charge >= 0.3 is 12.4 Å². The quantitative estimate of drug-likeness (QED) is 0.664. The number of nitrogens with one attached hydrogen (secondary N) is 1. The minimum absolute atomic E-state index is 0.0113. The fraction of sp³-hybridized carbons (Fsp3) is 0.556. The second-order valence-corrected chi connectivity index (χ2v) is 8.54. The van der Waals surface area contributed by atoms with Crippen LogP contribution in [0.2, 0.25) is 0 Å². The van der Waals surface area contributed by atoms with Crippen molar-refractivity contribution in [3.05, 3.63) is 32.7 Å². The van der Waals surface area contributed by atoms with Crippen LogP contribution in [-0.2, 0) is 12.7 Å². The van der Waals surface area contributed by atoms with Crippen molar-refractivity contribution in [2.75, 3.05) is 6.54 Å². The Kier molecular flexibility index (Phi) is 5.46. The maximum absolute atomic E-state index is 13.5. The van der Waals surface area contributed by atoms with Crippen molar-refractivity contribution >= 4 is 27.9 Å². The first kappa shape index (κ1) is 22.6. The number of nitrogens with zero attached hydrogens (tertiary/aromatic N) is 4. The van der Waals surface area contributed by atoms with Gasteiger partial charge in [0.15, 0.2) is 4.96 Å². The van der Waals surface area contributed by atoms with Crippen LogP contribution in [-0.4, -0.2) is 44.8 Å². The van der Waals surface area contributed by atoms with E-state index in [1.54, 1.807) is 0 Å². The van der Waals surface area contributed by atoms with Gasteiger partial charge in [0.2, 0.25) is 0 Å². The van der Waals surface area contributed by atoms with E-state index in [0.717, 1.165) is 23.9 Å². The third-order valence-corrected chi connectivity index (χ3v) is 6.24. The van der Waals surface area contributed by atoms with Gasteiger partial charge in [-0.15, -0.1) is 0 Å². The molecule has 2 aromatic heterocycles. The minimum Gasteiger partial charge on any atom is -0.351 e. The van der Waals surface area contributed by atoms with Gasteiger partial charge in [-0.05, 0) is 25.7 Å². The second-order valence-electron chi connectivity index (χ2n) is 7.57. The summed E-state index contributed by atoms with van der Waals surface area (Å²) in [5.41, 5.74) is -1.62. The Bertz CT molecular complexity index is 1150. The van der Waals surface area contributed by atoms with Crippen molar-refractivity contribution in [2.45, 2.75) is 51.1 Å². The molecular weight excluding hydrogens is 464 g/mol. The van der Waals surface area contributed by atoms with Gasteiger partial charge in [0, 0.05) is 24.7 Å². The van der Waals surface area contributed by atoms with Crippen LogP contribution in [0.15, 0.2) is 16.0 Å². The van der Waals surface area contributed by atoms with Crippen LogP contribution in [0.4, 0.5) is 26.3 Å². The standard InChI is InChI=1S/C18H17F6N5O2S/c1-2-25-15(31)13-14(18(22,23)24)32-16-26-9(5-12(30)29(13)16)7-28-11(17(19,20)21)6-10(27-28)8-3-4-8/h5,8,11H,2-4,6-7H2,1H3,(H,25,31). The Balaban J connectivity index is 1.75. The zero-order chi connectivity index (χ0) is 23.4. The molecule has 4 rings (SSSR count). The molecule has 1 aliphatic heterocycles. The average Bonchev–Trinajstić information content (AvgIpc) is 3.28. The van der Waals surface area contributed by atoms with Crippen LogP contribution >= 0.6 is 11.3 Å². The highest BCUT2D eigenvalue weighted by Crippen LogP contribution is 2.41. The molecule has 0 aromatic carbocycles. The number of fused-ring (bicyclic) bond motifs is 1. The molecule has 3 heterocycles. The summed E-state index contributed by atoms with van der Waals surface area (Å²) in [6, 6.07) is -1.06. The maximum Gasteiger partial charge on any atom is 0.427 e. The van der Waals surface area contributed by atoms with E-state index in [0.29, 0.717) is 10.1 Å². The molecule has 0 spiro atoms. The number of aromatic nitrogens is 2. The second kappa shape index (κ2) is 7.74. The van der Waals surface area contributed by atoms with Gasteiger partial charge < -0.3 is 5.32 Å². The third kappa shape index (κ3) is 4.19. The fourth-order valence-electron chi connectivity index (χ4n) is 3.58. The van der Waals surface area contributed by atoms with E-state index >= 15 is 0 Å². The minimum atomic E-state index is -4.93. The number of carbonyl (C=O) groups excluding carboxylic acids is 1. The van der Waals surface area contributed by atoms with Gasteiger partial charge in [0.1, 0.15) is 16.6 Å². The highest BCUT2D eigenvalue weighted by molar-refractivity contribution is 7.17. The zero-order valence-corrected chi connectivity index (χ0v) is 17.4. The summed E-state index contributed by atoms with van der Waals surface area (Å²) in [6.45, 7) is 1.03. The number of alkyl halides is 6. The van der Waals surface area contributed by atoms with E-state index < -0.39 is 51.9 Å². The average molecular weight is 481 g/mol. The first-order valence-electron chi connectivity index (χ1n) is 9.71. The van der Waals surface area contributed by atoms with E-state index in [4.69, 9.17) is 0 Å². The summed E-state index contributed by atoms with van der Waals surface area (Å²) >= 11 is 0.0825. The number of rotatable bonds is 5. The van der Waals surface area contributed by atoms with Crippen LogP contribution in [0, 0.1) is 5.92 Å². The van der Waals surface area contributed by atoms with E-state index in [2.05, 4.69) is 15.4 Å². The van der Waals surface area contributed by atoms with Crippen molar-refractivity contribution in [3.63, 3.8) is 0 Å². The molecule has 1 fully saturated rings. The number of hydrogen-bond donors (Lipinski definition) is 1. The Morgan fingerprint density at radius 1 is 1.25 bits per heavy atom. The topological polar surface area (TPSA) is 79.1 Å². The summed E-state index contributed by atoms with van der Waals surface area (Å²) in [4.78, 5) is 27.0. The van der Waals surface area contributed by atoms with Gasteiger partial charge in [-0.2, -0.15) is 31.4 Å². The molecule has 0 bridgehead atoms. The largest absolute Gasteiger partial charge is 0.427 e. The van der Waals surface area contributed by atoms with Gasteiger partial charge in [-0.3, -0.25) is 14.6 Å². The molecule has 1 saturated carbocycles. The molecule has 14 heteroatoms. The normalized spacial score (nSPS) is 19.5. The van der Waals surface area contributed by atoms with Crippen molar-refractivity contribution in [1.82, 2.24) is 19.7 Å². The number of carbonyl (C=O) groups is 1. The molecule has 7 nitrogen and oxygen atoms in total. The van der Waals surface area contributed by atoms with Crippen LogP contribution in [0.3, 0.4) is 0 Å². The number of halogens is 6. The molecule has 0 saturated heterocycles. The third-order valence-electron chi connectivity index (χ3n) is 5.15. The van der Waals surface area contributed by atoms with Crippen LogP contribution in [0.25, 0.3) is 4.96 Å². The lowest BCUT2D eigenvalue weighted by atomic mass is 10.1. The van der Waals surface area contributed by atoms with Gasteiger partial charge in [0.05, 0.1) is 12.2 Å². The predicted octanol–water partition coefficient (Wildman–Crippen LogP) is 3.43. The summed E-state index contributed by atoms with van der Waals surface area (Å²) in [5, 5.41) is 7.07. The zero-order valence-electron chi connectivity index (χ0n) is 16.5. The molecule has 1 aliphatic carbocycles. The maximum atomic E-state index is 13.5. The van der Waals surface area contributed by atoms with E-state index in [1.807, 2.05) is 0 Å². The molecule has 1 N–H and O–H groups in total. The Morgan fingerprint density at radius 3 is 2.50 bits per heavy atom. The van der Waals surface area contributed by atoms with Gasteiger partial charge in [-0.1, -0.05) is 11.3 Å². The highest BCUT2D eigenvalue weighted by Gasteiger charge is 2.49. The van der Waals surface area contributed by atoms with E-state index in [1.165, 1.54) is 6.92 Å². The van der Waals surface area contributed by atoms with Crippen molar-refractivity contribution in [3.8, 4) is 0 Å². The molecule has 1 amide bonds. The molecule has 2 aliphatic rings. The lowest BCUT2D eigenvalue weighted by Gasteiger charge is -2.25. The Labute approximate surface area is 180 Å². The Hall–Kier alpha value is -2.64. The van der Waals surface area contributed by atoms with Crippen LogP contribution in [0.5, 0.6) is 0 Å². The lowest BCUT2D eigenvalue weighted by Crippen LogP contribution is -2.40. The molecule has 32 heavy (non-hydrogen) atoms. The SMILES string of the molecule is CCNC(=O)c1c(C(F)(F)F)sc2nc(CN3N=C(C4CC4)CC3C(F)(F)F)cc(=O)n12. The van der Waals surface area contributed by atoms with Crippen LogP contribution in [0.1, 0.15) is 47.2 Å². The van der Waals surface area contributed by atoms with Crippen molar-refractivity contribution in [2.24, 2.45) is 11.0 Å². The first-order chi connectivity index (χ1) is 14.9. The molecule has 0 radical (unpaired) electrons. The molecule has 2 aromatic rings. The smallest absolute Gasteiger partial charge is 0.351 e. The monoisotopic (exact) mass is 481 g/mol. The molecule has 174 valence electrons. The summed E-state index contributed by atoms with van der Waals surface area (Å²) in [7, 11) is 0. The summed E-state index contributed by atoms with van der Waals surface area (Å²) in [5.74, 6) is -1.09. The lowest BCUT2D eigenvalue weighted by molar-refractivity contribution is -0.179. The first-order valence-corrected chi connectivity index (χ1v) is 10.5. The van der Waals surface area contributed by atoms with Crippen LogP contribution < -0.4 is 10.9 Å². The van der Waals surface area contributed by atoms with Gasteiger partial charge in [-0.25, -0.2) is 9.38 Å². The Morgan fingerprint density at radius 2 is 1.94 bits per heavy atom. The molecule has 1 unspecified atom stereocenters. The predicted molar refractivity (Wildman–Crippen MR) is 103 cm³/mol. The van der Waals surface area contributed by atoms with E-state index in [9.17, 15) is 35.9 Å². The number of hydrogen-bond acceptors (Lipinski definition) is 6. The van der Waals surface area contributed by atoms with Crippen molar-refractivity contribution < 1.29 is 31.1 Å². The number of thiazole rings is 1. The highest BCUT2D eigenvalue weighted by atomic mass is 32.1. The van der Waals surface area contributed by atoms with Crippen molar-refractivity contribution in [1.29, 1.82) is 0 Å². The summed E-state index contributed by atoms with van der Waals surface area (Å²) in [6.07, 6.45) is -8.25. The summed E-state index contributed by atoms with van der Waals surface area (Å²) < 4.78 is 81.5. The number of hydrazone groups is 1. The van der Waals surface area contributed by atoms with E-state index in [-0.39, 0.29) is 35.9 Å². The van der Waals surface area contributed by atoms with Gasteiger partial charge in [0.25, 0.3) is 11.5 Å².